The fourth-order valence-electron chi connectivity index (χ4n) is 6.89. The number of rotatable bonds is 8. The van der Waals surface area contributed by atoms with Crippen LogP contribution in [0.2, 0.25) is 18.1 Å². The summed E-state index contributed by atoms with van der Waals surface area (Å²) in [5, 5.41) is 15.8. The van der Waals surface area contributed by atoms with Gasteiger partial charge in [0.1, 0.15) is 6.04 Å². The number of hydroxylamine groups is 2. The molecule has 6 rings (SSSR count). The molecular formula is C35H49N3O7Si. The van der Waals surface area contributed by atoms with Gasteiger partial charge in [-0.2, -0.15) is 5.06 Å². The van der Waals surface area contributed by atoms with E-state index < -0.39 is 37.7 Å². The van der Waals surface area contributed by atoms with E-state index in [2.05, 4.69) is 38.8 Å². The third-order valence-electron chi connectivity index (χ3n) is 10.7. The topological polar surface area (TPSA) is 108 Å². The van der Waals surface area contributed by atoms with Crippen molar-refractivity contribution in [2.75, 3.05) is 33.0 Å². The van der Waals surface area contributed by atoms with Crippen molar-refractivity contribution in [3.8, 4) is 0 Å². The molecule has 1 aromatic heterocycles. The molecule has 4 atom stereocenters. The van der Waals surface area contributed by atoms with Gasteiger partial charge in [0, 0.05) is 40.2 Å². The van der Waals surface area contributed by atoms with Crippen LogP contribution in [0.25, 0.3) is 10.9 Å². The molecule has 0 aliphatic carbocycles. The molecule has 11 heteroatoms. The smallest absolute Gasteiger partial charge is 0.264 e. The summed E-state index contributed by atoms with van der Waals surface area (Å²) in [6.07, 6.45) is -0.0613. The molecule has 3 aliphatic heterocycles. The Labute approximate surface area is 272 Å². The van der Waals surface area contributed by atoms with Gasteiger partial charge in [-0.1, -0.05) is 69.3 Å². The molecule has 0 radical (unpaired) electrons. The highest BCUT2D eigenvalue weighted by Crippen LogP contribution is 2.51. The molecule has 10 nitrogen and oxygen atoms in total. The lowest BCUT2D eigenvalue weighted by Gasteiger charge is -2.50. The minimum absolute atomic E-state index is 0.00322. The van der Waals surface area contributed by atoms with Gasteiger partial charge in [-0.25, -0.2) is 0 Å². The van der Waals surface area contributed by atoms with Gasteiger partial charge < -0.3 is 23.6 Å². The van der Waals surface area contributed by atoms with E-state index in [-0.39, 0.29) is 22.5 Å². The zero-order valence-corrected chi connectivity index (χ0v) is 29.2. The average molecular weight is 652 g/mol. The summed E-state index contributed by atoms with van der Waals surface area (Å²) in [6.45, 7) is 17.5. The van der Waals surface area contributed by atoms with Crippen molar-refractivity contribution in [3.63, 3.8) is 0 Å². The highest BCUT2D eigenvalue weighted by Gasteiger charge is 2.59. The Bertz CT molecular complexity index is 1530. The quantitative estimate of drug-likeness (QED) is 0.162. The van der Waals surface area contributed by atoms with Crippen LogP contribution in [0.1, 0.15) is 63.9 Å². The van der Waals surface area contributed by atoms with E-state index in [0.717, 1.165) is 27.7 Å². The molecular weight excluding hydrogens is 602 g/mol. The average Bonchev–Trinajstić information content (AvgIpc) is 3.55. The highest BCUT2D eigenvalue weighted by atomic mass is 28.4. The van der Waals surface area contributed by atoms with Crippen LogP contribution < -0.4 is 0 Å². The van der Waals surface area contributed by atoms with Crippen LogP contribution in [0.15, 0.2) is 54.6 Å². The number of ether oxygens (including phenoxy) is 3. The molecule has 46 heavy (non-hydrogen) atoms. The molecule has 1 N–H and O–H groups in total. The van der Waals surface area contributed by atoms with Crippen molar-refractivity contribution >= 4 is 19.2 Å². The van der Waals surface area contributed by atoms with Crippen LogP contribution in [0.5, 0.6) is 0 Å². The molecule has 1 unspecified atom stereocenters. The number of hydrogen-bond acceptors (Lipinski definition) is 8. The van der Waals surface area contributed by atoms with E-state index in [1.54, 1.807) is 0 Å². The summed E-state index contributed by atoms with van der Waals surface area (Å²) in [5.74, 6) is -0.742. The zero-order chi connectivity index (χ0) is 32.9. The van der Waals surface area contributed by atoms with Gasteiger partial charge >= 0.3 is 0 Å². The van der Waals surface area contributed by atoms with Crippen molar-refractivity contribution < 1.29 is 28.4 Å². The van der Waals surface area contributed by atoms with Crippen LogP contribution >= 0.6 is 0 Å². The maximum absolute atomic E-state index is 13.0. The minimum Gasteiger partial charge on any atom is -0.417 e. The first-order valence-corrected chi connectivity index (χ1v) is 19.3. The monoisotopic (exact) mass is 651 g/mol. The lowest BCUT2D eigenvalue weighted by atomic mass is 9.68. The number of fused-ring (bicyclic) bond motifs is 6. The summed E-state index contributed by atoms with van der Waals surface area (Å²) >= 11 is 0. The summed E-state index contributed by atoms with van der Waals surface area (Å²) in [6, 6.07) is 16.2. The molecule has 0 saturated carbocycles. The third kappa shape index (κ3) is 6.19. The van der Waals surface area contributed by atoms with Crippen molar-refractivity contribution in [3.05, 3.63) is 81.5 Å². The van der Waals surface area contributed by atoms with Crippen molar-refractivity contribution in [1.29, 1.82) is 0 Å². The Morgan fingerprint density at radius 3 is 2.39 bits per heavy atom. The molecule has 2 fully saturated rings. The molecule has 3 aromatic rings. The Hall–Kier alpha value is -2.64. The summed E-state index contributed by atoms with van der Waals surface area (Å²) in [5.41, 5.74) is 3.13. The van der Waals surface area contributed by atoms with Gasteiger partial charge in [-0.3, -0.25) is 15.0 Å². The van der Waals surface area contributed by atoms with Crippen LogP contribution in [0.3, 0.4) is 0 Å². The van der Waals surface area contributed by atoms with E-state index >= 15 is 0 Å². The summed E-state index contributed by atoms with van der Waals surface area (Å²) in [4.78, 5) is 23.0. The Morgan fingerprint density at radius 1 is 1.04 bits per heavy atom. The van der Waals surface area contributed by atoms with E-state index in [0.29, 0.717) is 39.4 Å². The second-order valence-corrected chi connectivity index (χ2v) is 20.0. The van der Waals surface area contributed by atoms with Gasteiger partial charge in [-0.05, 0) is 55.9 Å². The largest absolute Gasteiger partial charge is 0.417 e. The van der Waals surface area contributed by atoms with Gasteiger partial charge in [0.05, 0.1) is 31.8 Å². The molecule has 3 aliphatic rings. The third-order valence-corrected chi connectivity index (χ3v) is 15.2. The first kappa shape index (κ1) is 33.3. The normalized spacial score (nSPS) is 26.4. The number of nitrogens with zero attached hydrogens (tertiary/aromatic N) is 2. The summed E-state index contributed by atoms with van der Waals surface area (Å²) < 4.78 is 25.9. The molecule has 1 spiro atoms. The lowest BCUT2D eigenvalue weighted by molar-refractivity contribution is -0.531. The Kier molecular flexibility index (Phi) is 8.99. The second kappa shape index (κ2) is 12.4. The molecule has 250 valence electrons. The number of para-hydroxylation sites is 1. The number of benzene rings is 2. The Morgan fingerprint density at radius 2 is 1.72 bits per heavy atom. The van der Waals surface area contributed by atoms with Crippen LogP contribution in [-0.2, 0) is 35.5 Å². The number of H-pyrrole nitrogens is 1. The van der Waals surface area contributed by atoms with Gasteiger partial charge in [0.25, 0.3) is 6.04 Å². The first-order chi connectivity index (χ1) is 21.7. The molecule has 2 aromatic carbocycles. The number of nitrogens with one attached hydrogen (secondary N) is 1. The fourth-order valence-corrected chi connectivity index (χ4v) is 7.94. The predicted octanol–water partition coefficient (Wildman–Crippen LogP) is 6.75. The Balaban J connectivity index is 1.42. The predicted molar refractivity (Wildman–Crippen MR) is 178 cm³/mol. The number of aromatic amines is 1. The maximum atomic E-state index is 13.0. The van der Waals surface area contributed by atoms with Crippen molar-refractivity contribution in [2.45, 2.75) is 95.2 Å². The van der Waals surface area contributed by atoms with Gasteiger partial charge in [0.2, 0.25) is 0 Å². The maximum Gasteiger partial charge on any atom is 0.264 e. The lowest BCUT2D eigenvalue weighted by Crippen LogP contribution is -2.57. The van der Waals surface area contributed by atoms with Gasteiger partial charge in [-0.15, -0.1) is 0 Å². The van der Waals surface area contributed by atoms with E-state index in [9.17, 15) is 10.1 Å². The van der Waals surface area contributed by atoms with Crippen molar-refractivity contribution in [1.82, 2.24) is 10.0 Å². The van der Waals surface area contributed by atoms with E-state index in [1.807, 2.05) is 73.5 Å². The molecule has 0 amide bonds. The second-order valence-electron chi connectivity index (χ2n) is 15.2. The number of nitro groups is 1. The number of hydrogen-bond donors (Lipinski definition) is 1. The van der Waals surface area contributed by atoms with Crippen LogP contribution in [0.4, 0.5) is 0 Å². The fraction of sp³-hybridized carbons (Fsp3) is 0.600. The molecule has 0 bridgehead atoms. The number of aromatic nitrogens is 1. The highest BCUT2D eigenvalue weighted by molar-refractivity contribution is 6.74. The molecule has 4 heterocycles. The summed E-state index contributed by atoms with van der Waals surface area (Å²) in [7, 11) is -2.10. The standard InChI is InChI=1S/C35H49N3O7Si/c1-33(2,3)46(6,7)44-20-25-17-18-37-31(30(38(39)40)28(45-37)21-41-19-24-13-9-8-10-14-24)29-26-15-11-12-16-27(26)36-32(29)35(25)22-42-34(4,5)43-23-35/h8-16,25,28,30-31,36H,17-23H2,1-7H3/t25-,28+,30+,31?/m1/s1. The first-order valence-electron chi connectivity index (χ1n) is 16.4. The SMILES string of the molecule is CC1(C)OCC2(CO1)c1[nH]c3ccccc3c1C1[C@@H]([N+](=O)[O-])[C@H](COCc3ccccc3)ON1CC[C@@H]2CO[Si](C)(C)C(C)(C)C. The van der Waals surface area contributed by atoms with Crippen LogP contribution in [-0.4, -0.2) is 74.2 Å². The zero-order valence-electron chi connectivity index (χ0n) is 28.2. The molecule has 2 saturated heterocycles. The van der Waals surface area contributed by atoms with Crippen molar-refractivity contribution in [2.24, 2.45) is 5.92 Å². The van der Waals surface area contributed by atoms with E-state index in [4.69, 9.17) is 23.5 Å². The van der Waals surface area contributed by atoms with E-state index in [1.165, 1.54) is 0 Å². The van der Waals surface area contributed by atoms with Crippen LogP contribution in [0, 0.1) is 16.0 Å². The minimum atomic E-state index is -2.10. The van der Waals surface area contributed by atoms with Gasteiger partial charge in [0.15, 0.2) is 20.2 Å².